The fraction of sp³-hybridized carbons (Fsp3) is 0.333. The van der Waals surface area contributed by atoms with Gasteiger partial charge in [0.25, 0.3) is 11.9 Å². The highest BCUT2D eigenvalue weighted by molar-refractivity contribution is 6.34. The monoisotopic (exact) mass is 459 g/mol. The van der Waals surface area contributed by atoms with E-state index in [0.717, 1.165) is 32.2 Å². The molecule has 3 rings (SSSR count). The number of anilines is 2. The molecular formula is C21H26ClN7O3. The molecule has 1 aromatic carbocycles. The van der Waals surface area contributed by atoms with Crippen molar-refractivity contribution < 1.29 is 14.0 Å². The highest BCUT2D eigenvalue weighted by atomic mass is 35.5. The third-order valence-electron chi connectivity index (χ3n) is 5.03. The van der Waals surface area contributed by atoms with E-state index < -0.39 is 5.91 Å². The molecule has 11 heteroatoms. The van der Waals surface area contributed by atoms with E-state index in [1.165, 1.54) is 12.4 Å². The normalized spacial score (nSPS) is 15.8. The Hall–Kier alpha value is -3.37. The SMILES string of the molecule is CN1CCC(NC(=O)CN=CC(=CN)c2ccc(Cl)c(NC(=O)c3coc(N)n3)c2)CC1. The zero-order valence-corrected chi connectivity index (χ0v) is 18.4. The number of rotatable bonds is 7. The van der Waals surface area contributed by atoms with Crippen LogP contribution in [-0.2, 0) is 4.79 Å². The van der Waals surface area contributed by atoms with E-state index in [9.17, 15) is 9.59 Å². The molecule has 1 saturated heterocycles. The summed E-state index contributed by atoms with van der Waals surface area (Å²) in [4.78, 5) is 34.7. The van der Waals surface area contributed by atoms with Gasteiger partial charge in [-0.1, -0.05) is 17.7 Å². The molecule has 2 amide bonds. The van der Waals surface area contributed by atoms with Gasteiger partial charge in [-0.25, -0.2) is 0 Å². The topological polar surface area (TPSA) is 152 Å². The number of likely N-dealkylation sites (tertiary alicyclic amines) is 1. The second-order valence-electron chi connectivity index (χ2n) is 7.46. The Bertz CT molecular complexity index is 1030. The van der Waals surface area contributed by atoms with Crippen LogP contribution in [0.5, 0.6) is 0 Å². The minimum atomic E-state index is -0.526. The highest BCUT2D eigenvalue weighted by Gasteiger charge is 2.18. The number of nitrogens with two attached hydrogens (primary N) is 2. The molecule has 0 atom stereocenters. The van der Waals surface area contributed by atoms with Crippen LogP contribution in [0.2, 0.25) is 5.02 Å². The van der Waals surface area contributed by atoms with E-state index in [0.29, 0.717) is 21.8 Å². The van der Waals surface area contributed by atoms with Crippen molar-refractivity contribution in [2.45, 2.75) is 18.9 Å². The molecule has 10 nitrogen and oxygen atoms in total. The van der Waals surface area contributed by atoms with Crippen LogP contribution in [-0.4, -0.2) is 60.6 Å². The minimum absolute atomic E-state index is 0.00551. The van der Waals surface area contributed by atoms with Crippen molar-refractivity contribution in [3.8, 4) is 0 Å². The minimum Gasteiger partial charge on any atom is -0.431 e. The number of halogens is 1. The van der Waals surface area contributed by atoms with Crippen molar-refractivity contribution in [2.75, 3.05) is 37.7 Å². The average Bonchev–Trinajstić information content (AvgIpc) is 3.21. The Morgan fingerprint density at radius 1 is 1.38 bits per heavy atom. The second kappa shape index (κ2) is 10.8. The summed E-state index contributed by atoms with van der Waals surface area (Å²) in [7, 11) is 2.07. The van der Waals surface area contributed by atoms with Crippen molar-refractivity contribution >= 4 is 46.9 Å². The summed E-state index contributed by atoms with van der Waals surface area (Å²) in [6.45, 7) is 1.93. The van der Waals surface area contributed by atoms with Gasteiger partial charge >= 0.3 is 0 Å². The molecule has 1 aliphatic heterocycles. The van der Waals surface area contributed by atoms with Gasteiger partial charge in [0.05, 0.1) is 10.7 Å². The van der Waals surface area contributed by atoms with Crippen LogP contribution in [0.25, 0.3) is 5.57 Å². The number of nitrogens with one attached hydrogen (secondary N) is 2. The molecule has 0 spiro atoms. The van der Waals surface area contributed by atoms with Crippen LogP contribution in [0.4, 0.5) is 11.7 Å². The lowest BCUT2D eigenvalue weighted by Gasteiger charge is -2.29. The number of hydrogen-bond donors (Lipinski definition) is 4. The largest absolute Gasteiger partial charge is 0.431 e. The van der Waals surface area contributed by atoms with Gasteiger partial charge in [0.2, 0.25) is 5.91 Å². The first kappa shape index (κ1) is 23.3. The number of aromatic nitrogens is 1. The fourth-order valence-corrected chi connectivity index (χ4v) is 3.41. The van der Waals surface area contributed by atoms with Gasteiger partial charge in [-0.15, -0.1) is 0 Å². The molecule has 0 aliphatic carbocycles. The van der Waals surface area contributed by atoms with Crippen molar-refractivity contribution in [1.82, 2.24) is 15.2 Å². The average molecular weight is 460 g/mol. The Morgan fingerprint density at radius 3 is 2.78 bits per heavy atom. The first-order chi connectivity index (χ1) is 15.4. The van der Waals surface area contributed by atoms with Crippen molar-refractivity contribution in [1.29, 1.82) is 0 Å². The molecule has 0 bridgehead atoms. The van der Waals surface area contributed by atoms with Gasteiger partial charge in [0.1, 0.15) is 12.8 Å². The summed E-state index contributed by atoms with van der Waals surface area (Å²) in [6, 6.07) is 5.07. The Kier molecular flexibility index (Phi) is 7.85. The maximum atomic E-state index is 12.3. The maximum Gasteiger partial charge on any atom is 0.292 e. The smallest absolute Gasteiger partial charge is 0.292 e. The highest BCUT2D eigenvalue weighted by Crippen LogP contribution is 2.26. The molecule has 170 valence electrons. The van der Waals surface area contributed by atoms with Gasteiger partial charge in [-0.2, -0.15) is 4.98 Å². The van der Waals surface area contributed by atoms with Crippen LogP contribution < -0.4 is 22.1 Å². The Morgan fingerprint density at radius 2 is 2.12 bits per heavy atom. The first-order valence-electron chi connectivity index (χ1n) is 10.1. The third-order valence-corrected chi connectivity index (χ3v) is 5.36. The predicted octanol–water partition coefficient (Wildman–Crippen LogP) is 1.74. The zero-order chi connectivity index (χ0) is 23.1. The first-order valence-corrected chi connectivity index (χ1v) is 10.5. The van der Waals surface area contributed by atoms with Crippen molar-refractivity contribution in [3.63, 3.8) is 0 Å². The summed E-state index contributed by atoms with van der Waals surface area (Å²) in [5.74, 6) is -0.662. The number of carbonyl (C=O) groups is 2. The lowest BCUT2D eigenvalue weighted by Crippen LogP contribution is -2.44. The summed E-state index contributed by atoms with van der Waals surface area (Å²) >= 11 is 6.20. The summed E-state index contributed by atoms with van der Waals surface area (Å²) in [6.07, 6.45) is 5.89. The van der Waals surface area contributed by atoms with Gasteiger partial charge in [0.15, 0.2) is 5.69 Å². The van der Waals surface area contributed by atoms with Crippen LogP contribution in [0.1, 0.15) is 28.9 Å². The molecule has 2 heterocycles. The van der Waals surface area contributed by atoms with E-state index in [-0.39, 0.29) is 30.2 Å². The van der Waals surface area contributed by atoms with E-state index in [2.05, 4.69) is 32.6 Å². The van der Waals surface area contributed by atoms with Crippen LogP contribution in [0.3, 0.4) is 0 Å². The van der Waals surface area contributed by atoms with Crippen molar-refractivity contribution in [3.05, 3.63) is 46.9 Å². The number of benzene rings is 1. The van der Waals surface area contributed by atoms with Crippen molar-refractivity contribution in [2.24, 2.45) is 10.7 Å². The lowest BCUT2D eigenvalue weighted by atomic mass is 10.1. The molecule has 0 unspecified atom stereocenters. The van der Waals surface area contributed by atoms with Gasteiger partial charge < -0.3 is 31.4 Å². The number of carbonyl (C=O) groups excluding carboxylic acids is 2. The van der Waals surface area contributed by atoms with E-state index >= 15 is 0 Å². The number of oxazole rings is 1. The van der Waals surface area contributed by atoms with E-state index in [1.54, 1.807) is 18.2 Å². The molecule has 1 aliphatic rings. The van der Waals surface area contributed by atoms with Gasteiger partial charge in [-0.3, -0.25) is 14.6 Å². The summed E-state index contributed by atoms with van der Waals surface area (Å²) < 4.78 is 4.84. The number of hydrogen-bond acceptors (Lipinski definition) is 8. The van der Waals surface area contributed by atoms with E-state index in [1.807, 2.05) is 0 Å². The molecular weight excluding hydrogens is 434 g/mol. The number of piperidine rings is 1. The molecule has 0 saturated carbocycles. The number of aliphatic imine (C=N–C) groups is 1. The zero-order valence-electron chi connectivity index (χ0n) is 17.7. The quantitative estimate of drug-likeness (QED) is 0.460. The summed E-state index contributed by atoms with van der Waals surface area (Å²) in [5, 5.41) is 5.99. The number of allylic oxidation sites excluding steroid dienone is 1. The molecule has 1 fully saturated rings. The molecule has 1 aromatic heterocycles. The standard InChI is InChI=1S/C21H26ClN7O3/c1-29-6-4-15(5-7-29)26-19(30)11-25-10-14(9-23)13-2-3-16(22)17(8-13)27-20(31)18-12-32-21(24)28-18/h2-3,8-10,12,15H,4-7,11,23H2,1H3,(H2,24,28)(H,26,30)(H,27,31). The van der Waals surface area contributed by atoms with Crippen LogP contribution >= 0.6 is 11.6 Å². The Balaban J connectivity index is 1.61. The van der Waals surface area contributed by atoms with Gasteiger partial charge in [-0.05, 0) is 50.7 Å². The third kappa shape index (κ3) is 6.32. The number of nitrogen functional groups attached to an aromatic ring is 1. The number of amides is 2. The van der Waals surface area contributed by atoms with Crippen LogP contribution in [0, 0.1) is 0 Å². The molecule has 32 heavy (non-hydrogen) atoms. The van der Waals surface area contributed by atoms with E-state index in [4.69, 9.17) is 27.5 Å². The van der Waals surface area contributed by atoms with Crippen LogP contribution in [0.15, 0.2) is 40.1 Å². The van der Waals surface area contributed by atoms with Gasteiger partial charge in [0, 0.05) is 24.0 Å². The molecule has 6 N–H and O–H groups in total. The lowest BCUT2D eigenvalue weighted by molar-refractivity contribution is -0.120. The molecule has 2 aromatic rings. The Labute approximate surface area is 190 Å². The second-order valence-corrected chi connectivity index (χ2v) is 7.86. The summed E-state index contributed by atoms with van der Waals surface area (Å²) in [5.41, 5.74) is 12.7. The maximum absolute atomic E-state index is 12.3. The predicted molar refractivity (Wildman–Crippen MR) is 125 cm³/mol. The number of nitrogens with zero attached hydrogens (tertiary/aromatic N) is 3. The fourth-order valence-electron chi connectivity index (χ4n) is 3.25. The molecule has 0 radical (unpaired) electrons.